The van der Waals surface area contributed by atoms with Gasteiger partial charge >= 0.3 is 0 Å². The maximum absolute atomic E-state index is 12.9. The molecule has 1 aromatic rings. The Morgan fingerprint density at radius 2 is 1.82 bits per heavy atom. The first-order chi connectivity index (χ1) is 13.7. The minimum absolute atomic E-state index is 0.0971. The highest BCUT2D eigenvalue weighted by Gasteiger charge is 2.40. The monoisotopic (exact) mass is 386 g/mol. The van der Waals surface area contributed by atoms with Crippen LogP contribution in [0.25, 0.3) is 0 Å². The zero-order chi connectivity index (χ0) is 19.5. The number of nitrogens with one attached hydrogen (secondary N) is 1. The van der Waals surface area contributed by atoms with Crippen LogP contribution in [-0.4, -0.2) is 25.2 Å². The summed E-state index contributed by atoms with van der Waals surface area (Å²) in [4.78, 5) is 12.9. The van der Waals surface area contributed by atoms with Crippen molar-refractivity contribution in [3.8, 4) is 11.5 Å². The maximum Gasteiger partial charge on any atom is 0.223 e. The SMILES string of the molecule is COc1cccc(CNC(=O)C2CC3CCCC(C2)C3N)c1OC1CCCC1. The molecule has 154 valence electrons. The van der Waals surface area contributed by atoms with Gasteiger partial charge < -0.3 is 20.5 Å². The van der Waals surface area contributed by atoms with Gasteiger partial charge in [0.2, 0.25) is 5.91 Å². The van der Waals surface area contributed by atoms with Crippen LogP contribution < -0.4 is 20.5 Å². The number of nitrogens with two attached hydrogens (primary N) is 1. The Hall–Kier alpha value is -1.75. The van der Waals surface area contributed by atoms with Crippen LogP contribution in [-0.2, 0) is 11.3 Å². The number of para-hydroxylation sites is 1. The van der Waals surface area contributed by atoms with E-state index in [-0.39, 0.29) is 17.9 Å². The number of methoxy groups -OCH3 is 1. The summed E-state index contributed by atoms with van der Waals surface area (Å²) in [6, 6.07) is 6.21. The molecule has 3 N–H and O–H groups in total. The van der Waals surface area contributed by atoms with Crippen molar-refractivity contribution in [2.24, 2.45) is 23.5 Å². The van der Waals surface area contributed by atoms with Gasteiger partial charge in [-0.3, -0.25) is 4.79 Å². The lowest BCUT2D eigenvalue weighted by molar-refractivity contribution is -0.128. The molecule has 28 heavy (non-hydrogen) atoms. The molecule has 0 aromatic heterocycles. The Morgan fingerprint density at radius 1 is 1.11 bits per heavy atom. The number of carbonyl (C=O) groups excluding carboxylic acids is 1. The highest BCUT2D eigenvalue weighted by Crippen LogP contribution is 2.42. The van der Waals surface area contributed by atoms with Gasteiger partial charge in [0, 0.05) is 24.1 Å². The molecule has 3 aliphatic rings. The molecule has 0 radical (unpaired) electrons. The summed E-state index contributed by atoms with van der Waals surface area (Å²) in [7, 11) is 1.67. The van der Waals surface area contributed by atoms with E-state index in [9.17, 15) is 4.79 Å². The van der Waals surface area contributed by atoms with E-state index in [2.05, 4.69) is 5.32 Å². The molecule has 0 saturated heterocycles. The van der Waals surface area contributed by atoms with Crippen LogP contribution in [0.15, 0.2) is 18.2 Å². The average molecular weight is 387 g/mol. The topological polar surface area (TPSA) is 73.6 Å². The summed E-state index contributed by atoms with van der Waals surface area (Å²) < 4.78 is 11.8. The molecule has 3 aliphatic carbocycles. The van der Waals surface area contributed by atoms with Gasteiger partial charge in [0.1, 0.15) is 0 Å². The van der Waals surface area contributed by atoms with Crippen LogP contribution >= 0.6 is 0 Å². The third kappa shape index (κ3) is 4.14. The van der Waals surface area contributed by atoms with Crippen LogP contribution in [0, 0.1) is 17.8 Å². The molecule has 3 saturated carbocycles. The van der Waals surface area contributed by atoms with Crippen molar-refractivity contribution in [1.82, 2.24) is 5.32 Å². The van der Waals surface area contributed by atoms with Crippen LogP contribution in [0.1, 0.15) is 63.4 Å². The van der Waals surface area contributed by atoms with Gasteiger partial charge in [-0.2, -0.15) is 0 Å². The third-order valence-corrected chi connectivity index (χ3v) is 7.10. The lowest BCUT2D eigenvalue weighted by atomic mass is 9.65. The highest BCUT2D eigenvalue weighted by molar-refractivity contribution is 5.79. The minimum Gasteiger partial charge on any atom is -0.493 e. The Labute approximate surface area is 168 Å². The normalized spacial score (nSPS) is 30.1. The lowest BCUT2D eigenvalue weighted by Crippen LogP contribution is -2.49. The van der Waals surface area contributed by atoms with Crippen molar-refractivity contribution in [2.75, 3.05) is 7.11 Å². The molecule has 5 nitrogen and oxygen atoms in total. The van der Waals surface area contributed by atoms with Crippen molar-refractivity contribution >= 4 is 5.91 Å². The molecule has 2 atom stereocenters. The molecular formula is C23H34N2O3. The van der Waals surface area contributed by atoms with Crippen molar-refractivity contribution < 1.29 is 14.3 Å². The number of fused-ring (bicyclic) bond motifs is 2. The quantitative estimate of drug-likeness (QED) is 0.780. The Balaban J connectivity index is 1.40. The number of rotatable bonds is 6. The second-order valence-corrected chi connectivity index (χ2v) is 8.89. The minimum atomic E-state index is 0.0971. The highest BCUT2D eigenvalue weighted by atomic mass is 16.5. The smallest absolute Gasteiger partial charge is 0.223 e. The molecule has 5 heteroatoms. The lowest BCUT2D eigenvalue weighted by Gasteiger charge is -2.43. The van der Waals surface area contributed by atoms with Crippen LogP contribution in [0.3, 0.4) is 0 Å². The number of ether oxygens (including phenoxy) is 2. The first kappa shape index (κ1) is 19.6. The van der Waals surface area contributed by atoms with Crippen LogP contribution in [0.4, 0.5) is 0 Å². The average Bonchev–Trinajstić information content (AvgIpc) is 3.20. The molecule has 3 fully saturated rings. The second-order valence-electron chi connectivity index (χ2n) is 8.89. The van der Waals surface area contributed by atoms with Crippen LogP contribution in [0.2, 0.25) is 0 Å². The Morgan fingerprint density at radius 3 is 2.50 bits per heavy atom. The zero-order valence-electron chi connectivity index (χ0n) is 17.0. The predicted octanol–water partition coefficient (Wildman–Crippen LogP) is 3.79. The van der Waals surface area contributed by atoms with E-state index in [1.165, 1.54) is 32.1 Å². The fourth-order valence-corrected chi connectivity index (χ4v) is 5.50. The largest absolute Gasteiger partial charge is 0.493 e. The third-order valence-electron chi connectivity index (χ3n) is 7.10. The molecule has 1 aromatic carbocycles. The van der Waals surface area contributed by atoms with E-state index < -0.39 is 0 Å². The molecule has 1 amide bonds. The molecular weight excluding hydrogens is 352 g/mol. The van der Waals surface area contributed by atoms with Gasteiger partial charge in [0.05, 0.1) is 13.2 Å². The predicted molar refractivity (Wildman–Crippen MR) is 109 cm³/mol. The maximum atomic E-state index is 12.9. The number of hydrogen-bond donors (Lipinski definition) is 2. The van der Waals surface area contributed by atoms with Gasteiger partial charge in [0.15, 0.2) is 11.5 Å². The standard InChI is InChI=1S/C23H34N2O3/c1-27-20-11-5-8-17(22(20)28-19-9-2-3-10-19)14-25-23(26)18-12-15-6-4-7-16(13-18)21(15)24/h5,8,11,15-16,18-19,21H,2-4,6-7,9-10,12-14,24H2,1H3,(H,25,26). The fourth-order valence-electron chi connectivity index (χ4n) is 5.50. The summed E-state index contributed by atoms with van der Waals surface area (Å²) in [6.07, 6.45) is 10.4. The van der Waals surface area contributed by atoms with Crippen molar-refractivity contribution in [2.45, 2.75) is 76.5 Å². The molecule has 4 rings (SSSR count). The molecule has 0 heterocycles. The number of carbonyl (C=O) groups is 1. The van der Waals surface area contributed by atoms with E-state index in [1.807, 2.05) is 18.2 Å². The molecule has 0 spiro atoms. The summed E-state index contributed by atoms with van der Waals surface area (Å²) in [5, 5.41) is 3.17. The molecule has 0 aliphatic heterocycles. The second kappa shape index (κ2) is 8.73. The van der Waals surface area contributed by atoms with E-state index >= 15 is 0 Å². The Kier molecular flexibility index (Phi) is 6.10. The van der Waals surface area contributed by atoms with Crippen molar-refractivity contribution in [3.05, 3.63) is 23.8 Å². The van der Waals surface area contributed by atoms with E-state index in [4.69, 9.17) is 15.2 Å². The van der Waals surface area contributed by atoms with Gasteiger partial charge in [-0.05, 0) is 69.3 Å². The molecule has 2 unspecified atom stereocenters. The number of benzene rings is 1. The van der Waals surface area contributed by atoms with E-state index in [0.29, 0.717) is 24.4 Å². The summed E-state index contributed by atoms with van der Waals surface area (Å²) >= 11 is 0. The van der Waals surface area contributed by atoms with Crippen molar-refractivity contribution in [1.29, 1.82) is 0 Å². The van der Waals surface area contributed by atoms with Gasteiger partial charge in [0.25, 0.3) is 0 Å². The van der Waals surface area contributed by atoms with Gasteiger partial charge in [-0.15, -0.1) is 0 Å². The summed E-state index contributed by atoms with van der Waals surface area (Å²) in [5.74, 6) is 2.83. The first-order valence-corrected chi connectivity index (χ1v) is 11.0. The molecule has 2 bridgehead atoms. The summed E-state index contributed by atoms with van der Waals surface area (Å²) in [5.41, 5.74) is 7.37. The van der Waals surface area contributed by atoms with E-state index in [1.54, 1.807) is 7.11 Å². The fraction of sp³-hybridized carbons (Fsp3) is 0.696. The van der Waals surface area contributed by atoms with Crippen LogP contribution in [0.5, 0.6) is 11.5 Å². The van der Waals surface area contributed by atoms with Crippen molar-refractivity contribution in [3.63, 3.8) is 0 Å². The van der Waals surface area contributed by atoms with E-state index in [0.717, 1.165) is 42.7 Å². The number of hydrogen-bond acceptors (Lipinski definition) is 4. The van der Waals surface area contributed by atoms with Gasteiger partial charge in [-0.1, -0.05) is 18.6 Å². The number of amides is 1. The Bertz CT molecular complexity index is 672. The summed E-state index contributed by atoms with van der Waals surface area (Å²) in [6.45, 7) is 0.482. The first-order valence-electron chi connectivity index (χ1n) is 11.0. The van der Waals surface area contributed by atoms with Gasteiger partial charge in [-0.25, -0.2) is 0 Å². The zero-order valence-corrected chi connectivity index (χ0v) is 17.0.